The van der Waals surface area contributed by atoms with Crippen LogP contribution in [0.4, 0.5) is 0 Å². The molecule has 122 valence electrons. The zero-order valence-corrected chi connectivity index (χ0v) is 13.6. The van der Waals surface area contributed by atoms with Crippen LogP contribution in [0, 0.1) is 0 Å². The summed E-state index contributed by atoms with van der Waals surface area (Å²) in [4.78, 5) is 2.65. The van der Waals surface area contributed by atoms with Gasteiger partial charge in [0.05, 0.1) is 12.2 Å². The third-order valence-electron chi connectivity index (χ3n) is 6.10. The lowest BCUT2D eigenvalue weighted by molar-refractivity contribution is -0.0442. The van der Waals surface area contributed by atoms with Crippen molar-refractivity contribution in [2.75, 3.05) is 19.7 Å². The molecule has 0 spiro atoms. The van der Waals surface area contributed by atoms with E-state index in [-0.39, 0.29) is 11.6 Å². The van der Waals surface area contributed by atoms with Crippen molar-refractivity contribution in [3.8, 4) is 0 Å². The first-order valence-corrected chi connectivity index (χ1v) is 9.36. The molecule has 3 rings (SSSR count). The molecule has 0 aromatic carbocycles. The van der Waals surface area contributed by atoms with Gasteiger partial charge < -0.3 is 9.84 Å². The van der Waals surface area contributed by atoms with Crippen LogP contribution < -0.4 is 0 Å². The maximum atomic E-state index is 10.9. The van der Waals surface area contributed by atoms with Crippen LogP contribution in [0.5, 0.6) is 0 Å². The molecule has 2 unspecified atom stereocenters. The average molecular weight is 295 g/mol. The maximum absolute atomic E-state index is 10.9. The topological polar surface area (TPSA) is 32.7 Å². The standard InChI is InChI=1S/C18H33NO2/c20-17(10-6-8-16-9-7-15-21-16)18(11-2-3-12-18)19-13-4-1-5-14-19/h16-17,20H,1-15H2. The van der Waals surface area contributed by atoms with Crippen molar-refractivity contribution < 1.29 is 9.84 Å². The van der Waals surface area contributed by atoms with E-state index < -0.39 is 0 Å². The normalized spacial score (nSPS) is 31.6. The molecule has 3 heteroatoms. The molecular weight excluding hydrogens is 262 g/mol. The predicted octanol–water partition coefficient (Wildman–Crippen LogP) is 3.50. The Kier molecular flexibility index (Phi) is 5.58. The zero-order chi connectivity index (χ0) is 14.5. The van der Waals surface area contributed by atoms with Crippen LogP contribution in [0.15, 0.2) is 0 Å². The Labute approximate surface area is 130 Å². The summed E-state index contributed by atoms with van der Waals surface area (Å²) in [6.45, 7) is 3.37. The van der Waals surface area contributed by atoms with Crippen molar-refractivity contribution in [3.63, 3.8) is 0 Å². The minimum absolute atomic E-state index is 0.122. The lowest BCUT2D eigenvalue weighted by Crippen LogP contribution is -2.56. The molecule has 2 saturated heterocycles. The Hall–Kier alpha value is -0.120. The molecule has 0 amide bonds. The first-order chi connectivity index (χ1) is 10.3. The van der Waals surface area contributed by atoms with E-state index in [1.165, 1.54) is 70.9 Å². The number of aliphatic hydroxyl groups is 1. The fraction of sp³-hybridized carbons (Fsp3) is 1.00. The van der Waals surface area contributed by atoms with Crippen LogP contribution in [0.3, 0.4) is 0 Å². The summed E-state index contributed by atoms with van der Waals surface area (Å²) in [6.07, 6.45) is 15.1. The number of rotatable bonds is 6. The number of piperidine rings is 1. The van der Waals surface area contributed by atoms with Gasteiger partial charge >= 0.3 is 0 Å². The summed E-state index contributed by atoms with van der Waals surface area (Å²) < 4.78 is 5.71. The minimum Gasteiger partial charge on any atom is -0.391 e. The van der Waals surface area contributed by atoms with Crippen molar-refractivity contribution in [2.45, 2.75) is 94.8 Å². The van der Waals surface area contributed by atoms with Gasteiger partial charge in [-0.15, -0.1) is 0 Å². The first-order valence-electron chi connectivity index (χ1n) is 9.36. The van der Waals surface area contributed by atoms with Crippen molar-refractivity contribution in [3.05, 3.63) is 0 Å². The van der Waals surface area contributed by atoms with E-state index in [9.17, 15) is 5.11 Å². The molecule has 21 heavy (non-hydrogen) atoms. The molecule has 3 aliphatic rings. The van der Waals surface area contributed by atoms with Gasteiger partial charge in [0.25, 0.3) is 0 Å². The van der Waals surface area contributed by atoms with Gasteiger partial charge in [-0.25, -0.2) is 0 Å². The van der Waals surface area contributed by atoms with E-state index in [1.807, 2.05) is 0 Å². The summed E-state index contributed by atoms with van der Waals surface area (Å²) in [5.41, 5.74) is 0.122. The fourth-order valence-electron chi connectivity index (χ4n) is 4.87. The van der Waals surface area contributed by atoms with Gasteiger partial charge in [0.2, 0.25) is 0 Å². The maximum Gasteiger partial charge on any atom is 0.0723 e. The molecule has 0 aromatic rings. The monoisotopic (exact) mass is 295 g/mol. The quantitative estimate of drug-likeness (QED) is 0.814. The number of hydrogen-bond acceptors (Lipinski definition) is 3. The van der Waals surface area contributed by atoms with Crippen LogP contribution in [-0.4, -0.2) is 47.4 Å². The summed E-state index contributed by atoms with van der Waals surface area (Å²) in [5, 5.41) is 10.9. The van der Waals surface area contributed by atoms with Crippen molar-refractivity contribution >= 4 is 0 Å². The molecule has 0 aromatic heterocycles. The Balaban J connectivity index is 1.52. The van der Waals surface area contributed by atoms with E-state index in [0.29, 0.717) is 6.10 Å². The van der Waals surface area contributed by atoms with E-state index in [2.05, 4.69) is 4.90 Å². The van der Waals surface area contributed by atoms with E-state index in [1.54, 1.807) is 0 Å². The van der Waals surface area contributed by atoms with Crippen LogP contribution in [-0.2, 0) is 4.74 Å². The SMILES string of the molecule is OC(CCCC1CCCO1)C1(N2CCCCC2)CCCC1. The minimum atomic E-state index is -0.125. The lowest BCUT2D eigenvalue weighted by Gasteiger charge is -2.46. The van der Waals surface area contributed by atoms with E-state index >= 15 is 0 Å². The molecule has 2 atom stereocenters. The van der Waals surface area contributed by atoms with Crippen LogP contribution in [0.1, 0.15) is 77.0 Å². The largest absolute Gasteiger partial charge is 0.391 e. The van der Waals surface area contributed by atoms with Gasteiger partial charge in [-0.2, -0.15) is 0 Å². The second kappa shape index (κ2) is 7.43. The Morgan fingerprint density at radius 3 is 2.48 bits per heavy atom. The van der Waals surface area contributed by atoms with E-state index in [4.69, 9.17) is 4.74 Å². The molecule has 3 fully saturated rings. The van der Waals surface area contributed by atoms with Gasteiger partial charge in [0, 0.05) is 12.1 Å². The molecule has 2 aliphatic heterocycles. The molecule has 1 aliphatic carbocycles. The number of ether oxygens (including phenoxy) is 1. The van der Waals surface area contributed by atoms with E-state index in [0.717, 1.165) is 25.9 Å². The molecular formula is C18H33NO2. The smallest absolute Gasteiger partial charge is 0.0723 e. The average Bonchev–Trinajstić information content (AvgIpc) is 3.20. The third kappa shape index (κ3) is 3.62. The highest BCUT2D eigenvalue weighted by Crippen LogP contribution is 2.41. The summed E-state index contributed by atoms with van der Waals surface area (Å²) in [6, 6.07) is 0. The molecule has 3 nitrogen and oxygen atoms in total. The van der Waals surface area contributed by atoms with Gasteiger partial charge in [-0.05, 0) is 70.9 Å². The van der Waals surface area contributed by atoms with Crippen LogP contribution >= 0.6 is 0 Å². The number of likely N-dealkylation sites (tertiary alicyclic amines) is 1. The van der Waals surface area contributed by atoms with Gasteiger partial charge in [-0.1, -0.05) is 19.3 Å². The highest BCUT2D eigenvalue weighted by Gasteiger charge is 2.45. The molecule has 1 saturated carbocycles. The Morgan fingerprint density at radius 1 is 1.05 bits per heavy atom. The fourth-order valence-corrected chi connectivity index (χ4v) is 4.87. The van der Waals surface area contributed by atoms with Gasteiger partial charge in [0.15, 0.2) is 0 Å². The third-order valence-corrected chi connectivity index (χ3v) is 6.10. The van der Waals surface area contributed by atoms with Crippen LogP contribution in [0.25, 0.3) is 0 Å². The number of hydrogen-bond donors (Lipinski definition) is 1. The summed E-state index contributed by atoms with van der Waals surface area (Å²) in [7, 11) is 0. The molecule has 0 bridgehead atoms. The second-order valence-electron chi connectivity index (χ2n) is 7.44. The van der Waals surface area contributed by atoms with Crippen molar-refractivity contribution in [2.24, 2.45) is 0 Å². The van der Waals surface area contributed by atoms with Gasteiger partial charge in [0.1, 0.15) is 0 Å². The first kappa shape index (κ1) is 15.8. The molecule has 1 N–H and O–H groups in total. The van der Waals surface area contributed by atoms with Crippen molar-refractivity contribution in [1.29, 1.82) is 0 Å². The lowest BCUT2D eigenvalue weighted by atomic mass is 9.83. The Morgan fingerprint density at radius 2 is 1.81 bits per heavy atom. The highest BCUT2D eigenvalue weighted by molar-refractivity contribution is 5.01. The van der Waals surface area contributed by atoms with Crippen molar-refractivity contribution in [1.82, 2.24) is 4.90 Å². The predicted molar refractivity (Wildman–Crippen MR) is 85.5 cm³/mol. The second-order valence-corrected chi connectivity index (χ2v) is 7.44. The van der Waals surface area contributed by atoms with Crippen LogP contribution in [0.2, 0.25) is 0 Å². The van der Waals surface area contributed by atoms with Gasteiger partial charge in [-0.3, -0.25) is 4.90 Å². The zero-order valence-electron chi connectivity index (χ0n) is 13.6. The number of nitrogens with zero attached hydrogens (tertiary/aromatic N) is 1. The highest BCUT2D eigenvalue weighted by atomic mass is 16.5. The summed E-state index contributed by atoms with van der Waals surface area (Å²) in [5.74, 6) is 0. The summed E-state index contributed by atoms with van der Waals surface area (Å²) >= 11 is 0. The molecule has 0 radical (unpaired) electrons. The molecule has 2 heterocycles. The number of aliphatic hydroxyl groups excluding tert-OH is 1. The Bertz CT molecular complexity index is 302.